The van der Waals surface area contributed by atoms with Gasteiger partial charge in [-0.3, -0.25) is 14.8 Å². The second-order valence-electron chi connectivity index (χ2n) is 4.77. The molecule has 2 N–H and O–H groups in total. The fourth-order valence-corrected chi connectivity index (χ4v) is 1.75. The van der Waals surface area contributed by atoms with Crippen molar-refractivity contribution in [2.24, 2.45) is 0 Å². The Bertz CT molecular complexity index is 569. The molecular weight excluding hydrogens is 252 g/mol. The van der Waals surface area contributed by atoms with Crippen molar-refractivity contribution in [1.29, 1.82) is 0 Å². The number of amides is 1. The molecule has 0 spiro atoms. The molecule has 0 bridgehead atoms. The number of rotatable bonds is 5. The van der Waals surface area contributed by atoms with Gasteiger partial charge in [-0.1, -0.05) is 0 Å². The number of nitrogens with one attached hydrogen (secondary N) is 2. The Morgan fingerprint density at radius 1 is 1.20 bits per heavy atom. The lowest BCUT2D eigenvalue weighted by molar-refractivity contribution is 0.0946. The Kier molecular flexibility index (Phi) is 4.65. The number of carbonyl (C=O) groups is 1. The predicted octanol–water partition coefficient (Wildman–Crippen LogP) is 2.23. The van der Waals surface area contributed by atoms with E-state index in [1.807, 2.05) is 32.0 Å². The van der Waals surface area contributed by atoms with E-state index in [0.29, 0.717) is 18.3 Å². The molecule has 0 aliphatic carbocycles. The third-order valence-electron chi connectivity index (χ3n) is 2.65. The van der Waals surface area contributed by atoms with Gasteiger partial charge in [0.2, 0.25) is 0 Å². The quantitative estimate of drug-likeness (QED) is 0.874. The van der Waals surface area contributed by atoms with Gasteiger partial charge < -0.3 is 10.6 Å². The molecule has 0 atom stereocenters. The summed E-state index contributed by atoms with van der Waals surface area (Å²) in [4.78, 5) is 20.1. The summed E-state index contributed by atoms with van der Waals surface area (Å²) in [5.41, 5.74) is 2.30. The number of hydrogen-bond acceptors (Lipinski definition) is 4. The molecule has 20 heavy (non-hydrogen) atoms. The lowest BCUT2D eigenvalue weighted by Crippen LogP contribution is -2.24. The number of carbonyl (C=O) groups excluding carboxylic acids is 1. The third kappa shape index (κ3) is 4.05. The predicted molar refractivity (Wildman–Crippen MR) is 78.4 cm³/mol. The van der Waals surface area contributed by atoms with Crippen LogP contribution >= 0.6 is 0 Å². The van der Waals surface area contributed by atoms with Gasteiger partial charge in [0.25, 0.3) is 5.91 Å². The summed E-state index contributed by atoms with van der Waals surface area (Å²) in [5, 5.41) is 6.08. The zero-order valence-electron chi connectivity index (χ0n) is 11.6. The van der Waals surface area contributed by atoms with E-state index in [0.717, 1.165) is 11.3 Å². The minimum atomic E-state index is -0.186. The van der Waals surface area contributed by atoms with Gasteiger partial charge >= 0.3 is 0 Å². The molecule has 104 valence electrons. The lowest BCUT2D eigenvalue weighted by Gasteiger charge is -2.10. The normalized spacial score (nSPS) is 10.3. The van der Waals surface area contributed by atoms with Crippen molar-refractivity contribution >= 4 is 11.6 Å². The molecule has 0 unspecified atom stereocenters. The average Bonchev–Trinajstić information content (AvgIpc) is 2.45. The van der Waals surface area contributed by atoms with Crippen LogP contribution in [-0.2, 0) is 6.54 Å². The van der Waals surface area contributed by atoms with E-state index in [-0.39, 0.29) is 5.91 Å². The van der Waals surface area contributed by atoms with Crippen molar-refractivity contribution in [3.05, 3.63) is 54.1 Å². The molecule has 0 saturated heterocycles. The second-order valence-corrected chi connectivity index (χ2v) is 4.77. The van der Waals surface area contributed by atoms with Crippen LogP contribution in [0.25, 0.3) is 0 Å². The first kappa shape index (κ1) is 14.0. The van der Waals surface area contributed by atoms with Crippen molar-refractivity contribution in [1.82, 2.24) is 15.3 Å². The monoisotopic (exact) mass is 270 g/mol. The molecule has 0 aromatic carbocycles. The first-order chi connectivity index (χ1) is 9.65. The highest BCUT2D eigenvalue weighted by molar-refractivity contribution is 5.93. The summed E-state index contributed by atoms with van der Waals surface area (Å²) in [6, 6.07) is 7.64. The van der Waals surface area contributed by atoms with Crippen LogP contribution in [0.15, 0.2) is 42.9 Å². The van der Waals surface area contributed by atoms with Gasteiger partial charge in [0.1, 0.15) is 5.69 Å². The van der Waals surface area contributed by atoms with Crippen LogP contribution in [0, 0.1) is 0 Å². The van der Waals surface area contributed by atoms with Gasteiger partial charge in [0.15, 0.2) is 0 Å². The van der Waals surface area contributed by atoms with E-state index in [2.05, 4.69) is 20.6 Å². The van der Waals surface area contributed by atoms with Crippen LogP contribution in [0.2, 0.25) is 0 Å². The maximum atomic E-state index is 12.0. The largest absolute Gasteiger partial charge is 0.383 e. The van der Waals surface area contributed by atoms with E-state index >= 15 is 0 Å². The molecule has 5 nitrogen and oxygen atoms in total. The van der Waals surface area contributed by atoms with E-state index in [1.165, 1.54) is 0 Å². The number of pyridine rings is 2. The molecule has 0 saturated carbocycles. The van der Waals surface area contributed by atoms with Gasteiger partial charge in [0.05, 0.1) is 0 Å². The Morgan fingerprint density at radius 3 is 2.65 bits per heavy atom. The Hall–Kier alpha value is -2.43. The van der Waals surface area contributed by atoms with Crippen LogP contribution in [0.1, 0.15) is 29.9 Å². The summed E-state index contributed by atoms with van der Waals surface area (Å²) >= 11 is 0. The topological polar surface area (TPSA) is 66.9 Å². The molecule has 2 aromatic rings. The van der Waals surface area contributed by atoms with E-state index in [4.69, 9.17) is 0 Å². The maximum Gasteiger partial charge on any atom is 0.270 e. The third-order valence-corrected chi connectivity index (χ3v) is 2.65. The SMILES string of the molecule is CC(C)Nc1ccnc(C(=O)NCc2ccncc2)c1. The van der Waals surface area contributed by atoms with Crippen molar-refractivity contribution in [3.63, 3.8) is 0 Å². The van der Waals surface area contributed by atoms with Crippen LogP contribution in [0.5, 0.6) is 0 Å². The van der Waals surface area contributed by atoms with Crippen LogP contribution < -0.4 is 10.6 Å². The first-order valence-electron chi connectivity index (χ1n) is 6.55. The Labute approximate surface area is 118 Å². The Balaban J connectivity index is 1.98. The molecule has 0 fully saturated rings. The number of anilines is 1. The van der Waals surface area contributed by atoms with Gasteiger partial charge in [0, 0.05) is 36.9 Å². The number of nitrogens with zero attached hydrogens (tertiary/aromatic N) is 2. The average molecular weight is 270 g/mol. The van der Waals surface area contributed by atoms with E-state index in [1.54, 1.807) is 24.7 Å². The molecule has 5 heteroatoms. The van der Waals surface area contributed by atoms with Gasteiger partial charge in [-0.2, -0.15) is 0 Å². The summed E-state index contributed by atoms with van der Waals surface area (Å²) < 4.78 is 0. The zero-order chi connectivity index (χ0) is 14.4. The highest BCUT2D eigenvalue weighted by atomic mass is 16.1. The van der Waals surface area contributed by atoms with Gasteiger partial charge in [-0.25, -0.2) is 0 Å². The van der Waals surface area contributed by atoms with Crippen molar-refractivity contribution in [2.45, 2.75) is 26.4 Å². The highest BCUT2D eigenvalue weighted by Crippen LogP contribution is 2.09. The second kappa shape index (κ2) is 6.65. The number of hydrogen-bond donors (Lipinski definition) is 2. The lowest BCUT2D eigenvalue weighted by atomic mass is 10.2. The molecule has 2 rings (SSSR count). The van der Waals surface area contributed by atoms with Crippen LogP contribution in [-0.4, -0.2) is 21.9 Å². The molecule has 2 aromatic heterocycles. The zero-order valence-corrected chi connectivity index (χ0v) is 11.6. The van der Waals surface area contributed by atoms with Crippen LogP contribution in [0.4, 0.5) is 5.69 Å². The minimum Gasteiger partial charge on any atom is -0.383 e. The summed E-state index contributed by atoms with van der Waals surface area (Å²) in [6.45, 7) is 4.55. The smallest absolute Gasteiger partial charge is 0.270 e. The summed E-state index contributed by atoms with van der Waals surface area (Å²) in [7, 11) is 0. The van der Waals surface area contributed by atoms with E-state index in [9.17, 15) is 4.79 Å². The maximum absolute atomic E-state index is 12.0. The summed E-state index contributed by atoms with van der Waals surface area (Å²) in [6.07, 6.45) is 5.03. The Morgan fingerprint density at radius 2 is 1.95 bits per heavy atom. The molecule has 1 amide bonds. The fourth-order valence-electron chi connectivity index (χ4n) is 1.75. The molecule has 2 heterocycles. The van der Waals surface area contributed by atoms with Crippen molar-refractivity contribution < 1.29 is 4.79 Å². The number of aromatic nitrogens is 2. The van der Waals surface area contributed by atoms with Gasteiger partial charge in [-0.05, 0) is 43.7 Å². The van der Waals surface area contributed by atoms with Crippen molar-refractivity contribution in [2.75, 3.05) is 5.32 Å². The molecular formula is C15H18N4O. The standard InChI is InChI=1S/C15H18N4O/c1-11(2)19-13-5-8-17-14(9-13)15(20)18-10-12-3-6-16-7-4-12/h3-9,11H,10H2,1-2H3,(H,17,19)(H,18,20). The molecule has 0 aliphatic rings. The van der Waals surface area contributed by atoms with Gasteiger partial charge in [-0.15, -0.1) is 0 Å². The highest BCUT2D eigenvalue weighted by Gasteiger charge is 2.08. The summed E-state index contributed by atoms with van der Waals surface area (Å²) in [5.74, 6) is -0.186. The van der Waals surface area contributed by atoms with Crippen molar-refractivity contribution in [3.8, 4) is 0 Å². The van der Waals surface area contributed by atoms with Crippen LogP contribution in [0.3, 0.4) is 0 Å². The molecule has 0 radical (unpaired) electrons. The first-order valence-corrected chi connectivity index (χ1v) is 6.55. The molecule has 0 aliphatic heterocycles. The fraction of sp³-hybridized carbons (Fsp3) is 0.267. The minimum absolute atomic E-state index is 0.186. The van der Waals surface area contributed by atoms with E-state index < -0.39 is 0 Å².